The smallest absolute Gasteiger partial charge is 0.169 e. The van der Waals surface area contributed by atoms with Crippen LogP contribution in [-0.2, 0) is 19.3 Å². The second-order valence-electron chi connectivity index (χ2n) is 5.23. The average Bonchev–Trinajstić information content (AvgIpc) is 2.50. The van der Waals surface area contributed by atoms with Crippen LogP contribution >= 0.6 is 0 Å². The van der Waals surface area contributed by atoms with Crippen molar-refractivity contribution in [2.45, 2.75) is 40.0 Å². The fourth-order valence-electron chi connectivity index (χ4n) is 2.57. The van der Waals surface area contributed by atoms with Gasteiger partial charge in [0.15, 0.2) is 11.5 Å². The lowest BCUT2D eigenvalue weighted by atomic mass is 9.94. The van der Waals surface area contributed by atoms with Crippen molar-refractivity contribution in [3.63, 3.8) is 0 Å². The summed E-state index contributed by atoms with van der Waals surface area (Å²) in [6.07, 6.45) is 2.30. The Bertz CT molecular complexity index is 638. The Morgan fingerprint density at radius 3 is 1.76 bits per heavy atom. The number of hydrogen-bond donors (Lipinski definition) is 3. The van der Waals surface area contributed by atoms with E-state index in [-0.39, 0.29) is 17.2 Å². The molecule has 0 unspecified atom stereocenters. The summed E-state index contributed by atoms with van der Waals surface area (Å²) < 4.78 is 0. The molecule has 3 nitrogen and oxygen atoms in total. The Labute approximate surface area is 125 Å². The Balaban J connectivity index is 2.69. The molecular weight excluding hydrogens is 264 g/mol. The third kappa shape index (κ3) is 2.82. The van der Waals surface area contributed by atoms with Gasteiger partial charge in [-0.25, -0.2) is 0 Å². The first-order chi connectivity index (χ1) is 10.0. The molecule has 0 aliphatic heterocycles. The van der Waals surface area contributed by atoms with Crippen molar-refractivity contribution in [2.24, 2.45) is 0 Å². The zero-order valence-electron chi connectivity index (χ0n) is 12.8. The van der Waals surface area contributed by atoms with Crippen LogP contribution in [0.2, 0.25) is 0 Å². The van der Waals surface area contributed by atoms with E-state index in [0.29, 0.717) is 17.5 Å². The van der Waals surface area contributed by atoms with E-state index in [9.17, 15) is 15.3 Å². The van der Waals surface area contributed by atoms with Crippen molar-refractivity contribution >= 4 is 0 Å². The van der Waals surface area contributed by atoms with Crippen LogP contribution in [0.4, 0.5) is 0 Å². The molecule has 0 fully saturated rings. The van der Waals surface area contributed by atoms with Gasteiger partial charge in [-0.1, -0.05) is 39.0 Å². The van der Waals surface area contributed by atoms with E-state index in [4.69, 9.17) is 0 Å². The van der Waals surface area contributed by atoms with Crippen LogP contribution < -0.4 is 0 Å². The minimum Gasteiger partial charge on any atom is -0.507 e. The van der Waals surface area contributed by atoms with E-state index in [1.807, 2.05) is 19.1 Å². The van der Waals surface area contributed by atoms with Gasteiger partial charge in [0, 0.05) is 5.56 Å². The average molecular weight is 286 g/mol. The van der Waals surface area contributed by atoms with Crippen LogP contribution in [0, 0.1) is 0 Å². The molecule has 3 heteroatoms. The van der Waals surface area contributed by atoms with Crippen LogP contribution in [-0.4, -0.2) is 15.3 Å². The minimum atomic E-state index is -0.248. The summed E-state index contributed by atoms with van der Waals surface area (Å²) in [5.41, 5.74) is 3.86. The zero-order chi connectivity index (χ0) is 15.6. The van der Waals surface area contributed by atoms with Gasteiger partial charge in [-0.3, -0.25) is 0 Å². The fraction of sp³-hybridized carbons (Fsp3) is 0.333. The fourth-order valence-corrected chi connectivity index (χ4v) is 2.57. The summed E-state index contributed by atoms with van der Waals surface area (Å²) >= 11 is 0. The third-order valence-electron chi connectivity index (χ3n) is 3.87. The molecule has 112 valence electrons. The molecule has 0 aliphatic carbocycles. The summed E-state index contributed by atoms with van der Waals surface area (Å²) in [5, 5.41) is 30.6. The number of phenolic OH excluding ortho intramolecular Hbond substituents is 3. The number of benzene rings is 2. The number of aryl methyl sites for hydroxylation is 3. The van der Waals surface area contributed by atoms with Crippen molar-refractivity contribution in [1.82, 2.24) is 0 Å². The lowest BCUT2D eigenvalue weighted by Crippen LogP contribution is -1.92. The van der Waals surface area contributed by atoms with E-state index in [1.54, 1.807) is 0 Å². The molecule has 2 aromatic carbocycles. The Hall–Kier alpha value is -2.16. The van der Waals surface area contributed by atoms with Crippen LogP contribution in [0.25, 0.3) is 11.1 Å². The molecule has 3 N–H and O–H groups in total. The quantitative estimate of drug-likeness (QED) is 0.584. The molecule has 0 spiro atoms. The molecule has 0 aromatic heterocycles. The van der Waals surface area contributed by atoms with Gasteiger partial charge in [-0.2, -0.15) is 0 Å². The van der Waals surface area contributed by atoms with Crippen molar-refractivity contribution in [2.75, 3.05) is 0 Å². The first-order valence-electron chi connectivity index (χ1n) is 7.41. The minimum absolute atomic E-state index is 0.00236. The second kappa shape index (κ2) is 6.08. The van der Waals surface area contributed by atoms with Crippen LogP contribution in [0.1, 0.15) is 37.5 Å². The van der Waals surface area contributed by atoms with E-state index in [1.165, 1.54) is 6.07 Å². The maximum absolute atomic E-state index is 10.3. The highest BCUT2D eigenvalue weighted by molar-refractivity contribution is 5.80. The molecule has 21 heavy (non-hydrogen) atoms. The molecule has 0 bridgehead atoms. The SMILES string of the molecule is CCc1cc(CC)cc(-c2c(O)cc(CC)c(O)c2O)c1. The molecule has 2 aromatic rings. The highest BCUT2D eigenvalue weighted by atomic mass is 16.3. The molecule has 0 saturated heterocycles. The summed E-state index contributed by atoms with van der Waals surface area (Å²) in [4.78, 5) is 0. The number of rotatable bonds is 4. The van der Waals surface area contributed by atoms with Gasteiger partial charge in [0.1, 0.15) is 5.75 Å². The predicted molar refractivity (Wildman–Crippen MR) is 85.0 cm³/mol. The molecule has 0 saturated carbocycles. The summed E-state index contributed by atoms with van der Waals surface area (Å²) in [7, 11) is 0. The van der Waals surface area contributed by atoms with Gasteiger partial charge in [0.2, 0.25) is 0 Å². The lowest BCUT2D eigenvalue weighted by molar-refractivity contribution is 0.394. The van der Waals surface area contributed by atoms with Crippen LogP contribution in [0.15, 0.2) is 24.3 Å². The molecule has 0 aliphatic rings. The zero-order valence-corrected chi connectivity index (χ0v) is 12.8. The van der Waals surface area contributed by atoms with E-state index in [2.05, 4.69) is 19.9 Å². The Morgan fingerprint density at radius 2 is 1.29 bits per heavy atom. The van der Waals surface area contributed by atoms with Gasteiger partial charge in [0.25, 0.3) is 0 Å². The number of phenols is 3. The molecule has 0 atom stereocenters. The van der Waals surface area contributed by atoms with Crippen LogP contribution in [0.5, 0.6) is 17.2 Å². The second-order valence-corrected chi connectivity index (χ2v) is 5.23. The molecule has 0 amide bonds. The summed E-state index contributed by atoms with van der Waals surface area (Å²) in [6, 6.07) is 7.53. The topological polar surface area (TPSA) is 60.7 Å². The van der Waals surface area contributed by atoms with E-state index < -0.39 is 0 Å². The highest BCUT2D eigenvalue weighted by Crippen LogP contribution is 2.45. The van der Waals surface area contributed by atoms with Crippen molar-refractivity contribution < 1.29 is 15.3 Å². The summed E-state index contributed by atoms with van der Waals surface area (Å²) in [6.45, 7) is 5.99. The third-order valence-corrected chi connectivity index (χ3v) is 3.87. The number of hydrogen-bond acceptors (Lipinski definition) is 3. The molecule has 0 radical (unpaired) electrons. The monoisotopic (exact) mass is 286 g/mol. The largest absolute Gasteiger partial charge is 0.507 e. The maximum atomic E-state index is 10.3. The first-order valence-corrected chi connectivity index (χ1v) is 7.41. The van der Waals surface area contributed by atoms with Crippen LogP contribution in [0.3, 0.4) is 0 Å². The Kier molecular flexibility index (Phi) is 4.41. The molecule has 0 heterocycles. The van der Waals surface area contributed by atoms with Gasteiger partial charge in [-0.05, 0) is 42.0 Å². The highest BCUT2D eigenvalue weighted by Gasteiger charge is 2.18. The standard InChI is InChI=1S/C18H22O3/c1-4-11-7-12(5-2)9-14(8-11)16-15(19)10-13(6-3)17(20)18(16)21/h7-10,19-21H,4-6H2,1-3H3. The normalized spacial score (nSPS) is 10.8. The van der Waals surface area contributed by atoms with Crippen molar-refractivity contribution in [3.8, 4) is 28.4 Å². The van der Waals surface area contributed by atoms with Gasteiger partial charge >= 0.3 is 0 Å². The van der Waals surface area contributed by atoms with Gasteiger partial charge in [0.05, 0.1) is 5.56 Å². The number of aromatic hydroxyl groups is 3. The Morgan fingerprint density at radius 1 is 0.714 bits per heavy atom. The van der Waals surface area contributed by atoms with E-state index >= 15 is 0 Å². The molecular formula is C18H22O3. The van der Waals surface area contributed by atoms with Crippen molar-refractivity contribution in [1.29, 1.82) is 0 Å². The maximum Gasteiger partial charge on any atom is 0.169 e. The van der Waals surface area contributed by atoms with Gasteiger partial charge in [-0.15, -0.1) is 0 Å². The van der Waals surface area contributed by atoms with Gasteiger partial charge < -0.3 is 15.3 Å². The lowest BCUT2D eigenvalue weighted by Gasteiger charge is -2.14. The summed E-state index contributed by atoms with van der Waals surface area (Å²) in [5.74, 6) is -0.398. The molecule has 2 rings (SSSR count). The van der Waals surface area contributed by atoms with E-state index in [0.717, 1.165) is 29.5 Å². The first kappa shape index (κ1) is 15.2. The van der Waals surface area contributed by atoms with Crippen molar-refractivity contribution in [3.05, 3.63) is 41.0 Å². The predicted octanol–water partition coefficient (Wildman–Crippen LogP) is 4.16.